The van der Waals surface area contributed by atoms with Gasteiger partial charge in [0, 0.05) is 6.54 Å². The highest BCUT2D eigenvalue weighted by atomic mass is 15.6. The molecule has 2 bridgehead atoms. The predicted octanol–water partition coefficient (Wildman–Crippen LogP) is 0.408. The van der Waals surface area contributed by atoms with Crippen molar-refractivity contribution in [2.45, 2.75) is 13.8 Å². The first kappa shape index (κ1) is 11.1. The molecule has 1 N–H and O–H groups in total. The Hall–Kier alpha value is -0.420. The highest BCUT2D eigenvalue weighted by Gasteiger charge is 2.38. The van der Waals surface area contributed by atoms with Crippen molar-refractivity contribution in [3.05, 3.63) is 12.2 Å². The number of quaternary nitrogens is 1. The van der Waals surface area contributed by atoms with E-state index in [1.165, 1.54) is 13.3 Å². The molecule has 0 radical (unpaired) electrons. The second-order valence-electron chi connectivity index (χ2n) is 4.74. The van der Waals surface area contributed by atoms with E-state index in [0.717, 1.165) is 37.6 Å². The first-order valence-electron chi connectivity index (χ1n) is 5.90. The highest BCUT2D eigenvalue weighted by molar-refractivity contribution is 4.78. The summed E-state index contributed by atoms with van der Waals surface area (Å²) >= 11 is 0. The van der Waals surface area contributed by atoms with Crippen LogP contribution < -0.4 is 5.32 Å². The molecule has 15 heavy (non-hydrogen) atoms. The Bertz CT molecular complexity index is 241. The van der Waals surface area contributed by atoms with E-state index in [4.69, 9.17) is 0 Å². The van der Waals surface area contributed by atoms with Gasteiger partial charge in [0.1, 0.15) is 26.6 Å². The van der Waals surface area contributed by atoms with Crippen molar-refractivity contribution in [3.63, 3.8) is 0 Å². The molecule has 2 saturated heterocycles. The van der Waals surface area contributed by atoms with Crippen LogP contribution in [0.2, 0.25) is 0 Å². The topological polar surface area (TPSA) is 18.5 Å². The SMILES string of the molecule is C/C=C/C[N+]12CNCN(CN(CC)C1)C2. The predicted molar refractivity (Wildman–Crippen MR) is 61.6 cm³/mol. The third-order valence-electron chi connectivity index (χ3n) is 3.36. The summed E-state index contributed by atoms with van der Waals surface area (Å²) in [6.07, 6.45) is 4.46. The molecule has 2 heterocycles. The molecule has 4 heteroatoms. The molecule has 2 atom stereocenters. The zero-order valence-corrected chi connectivity index (χ0v) is 9.95. The van der Waals surface area contributed by atoms with Crippen LogP contribution in [0.25, 0.3) is 0 Å². The van der Waals surface area contributed by atoms with Crippen LogP contribution in [0, 0.1) is 0 Å². The molecule has 2 aliphatic rings. The maximum atomic E-state index is 3.52. The molecule has 0 spiro atoms. The van der Waals surface area contributed by atoms with E-state index in [1.807, 2.05) is 0 Å². The molecular formula is C11H23N4+. The molecule has 2 rings (SSSR count). The summed E-state index contributed by atoms with van der Waals surface area (Å²) in [4.78, 5) is 5.04. The Morgan fingerprint density at radius 3 is 3.00 bits per heavy atom. The number of hydrogen-bond donors (Lipinski definition) is 1. The Morgan fingerprint density at radius 2 is 2.27 bits per heavy atom. The van der Waals surface area contributed by atoms with Crippen LogP contribution in [0.1, 0.15) is 13.8 Å². The Morgan fingerprint density at radius 1 is 1.40 bits per heavy atom. The number of hydrogen-bond acceptors (Lipinski definition) is 3. The monoisotopic (exact) mass is 211 g/mol. The lowest BCUT2D eigenvalue weighted by molar-refractivity contribution is -0.957. The average Bonchev–Trinajstić information content (AvgIpc) is 2.26. The molecule has 4 nitrogen and oxygen atoms in total. The van der Waals surface area contributed by atoms with E-state index < -0.39 is 0 Å². The minimum Gasteiger partial charge on any atom is -0.283 e. The molecule has 0 saturated carbocycles. The van der Waals surface area contributed by atoms with Crippen molar-refractivity contribution in [2.75, 3.05) is 46.4 Å². The Labute approximate surface area is 92.7 Å². The smallest absolute Gasteiger partial charge is 0.139 e. The number of allylic oxidation sites excluding steroid dienone is 1. The van der Waals surface area contributed by atoms with Gasteiger partial charge in [-0.15, -0.1) is 0 Å². The number of rotatable bonds is 3. The van der Waals surface area contributed by atoms with Gasteiger partial charge in [0.25, 0.3) is 0 Å². The highest BCUT2D eigenvalue weighted by Crippen LogP contribution is 2.18. The minimum absolute atomic E-state index is 1.05. The number of nitrogens with zero attached hydrogens (tertiary/aromatic N) is 3. The molecule has 2 aliphatic heterocycles. The van der Waals surface area contributed by atoms with Crippen LogP contribution in [0.3, 0.4) is 0 Å². The largest absolute Gasteiger partial charge is 0.283 e. The third kappa shape index (κ3) is 2.39. The van der Waals surface area contributed by atoms with E-state index in [-0.39, 0.29) is 0 Å². The lowest BCUT2D eigenvalue weighted by Crippen LogP contribution is -2.72. The molecule has 2 unspecified atom stereocenters. The fourth-order valence-electron chi connectivity index (χ4n) is 2.62. The van der Waals surface area contributed by atoms with Crippen LogP contribution in [0.15, 0.2) is 12.2 Å². The van der Waals surface area contributed by atoms with Crippen molar-refractivity contribution >= 4 is 0 Å². The van der Waals surface area contributed by atoms with Gasteiger partial charge >= 0.3 is 0 Å². The summed E-state index contributed by atoms with van der Waals surface area (Å²) in [5.74, 6) is 0. The number of fused-ring (bicyclic) bond motifs is 2. The molecule has 0 aromatic heterocycles. The van der Waals surface area contributed by atoms with Gasteiger partial charge in [-0.25, -0.2) is 9.80 Å². The van der Waals surface area contributed by atoms with E-state index >= 15 is 0 Å². The van der Waals surface area contributed by atoms with Gasteiger partial charge in [-0.2, -0.15) is 0 Å². The van der Waals surface area contributed by atoms with E-state index in [1.54, 1.807) is 0 Å². The van der Waals surface area contributed by atoms with Gasteiger partial charge in [0.05, 0.1) is 13.3 Å². The summed E-state index contributed by atoms with van der Waals surface area (Å²) in [6.45, 7) is 12.3. The van der Waals surface area contributed by atoms with Gasteiger partial charge in [0.2, 0.25) is 0 Å². The van der Waals surface area contributed by atoms with Crippen molar-refractivity contribution in [1.29, 1.82) is 0 Å². The zero-order valence-electron chi connectivity index (χ0n) is 9.95. The van der Waals surface area contributed by atoms with Crippen LogP contribution in [-0.4, -0.2) is 60.7 Å². The molecule has 0 aliphatic carbocycles. The van der Waals surface area contributed by atoms with Crippen LogP contribution >= 0.6 is 0 Å². The van der Waals surface area contributed by atoms with E-state index in [2.05, 4.69) is 41.1 Å². The maximum Gasteiger partial charge on any atom is 0.139 e. The van der Waals surface area contributed by atoms with Gasteiger partial charge in [-0.3, -0.25) is 9.80 Å². The molecule has 0 aromatic rings. The summed E-state index contributed by atoms with van der Waals surface area (Å²) < 4.78 is 1.15. The second kappa shape index (κ2) is 4.61. The summed E-state index contributed by atoms with van der Waals surface area (Å²) in [6, 6.07) is 0. The first-order valence-corrected chi connectivity index (χ1v) is 5.90. The van der Waals surface area contributed by atoms with Gasteiger partial charge in [-0.1, -0.05) is 13.0 Å². The van der Waals surface area contributed by atoms with Crippen LogP contribution in [-0.2, 0) is 0 Å². The third-order valence-corrected chi connectivity index (χ3v) is 3.36. The van der Waals surface area contributed by atoms with Crippen molar-refractivity contribution in [3.8, 4) is 0 Å². The maximum absolute atomic E-state index is 3.52. The summed E-state index contributed by atoms with van der Waals surface area (Å²) in [7, 11) is 0. The summed E-state index contributed by atoms with van der Waals surface area (Å²) in [5.41, 5.74) is 0. The fourth-order valence-corrected chi connectivity index (χ4v) is 2.62. The second-order valence-corrected chi connectivity index (χ2v) is 4.74. The van der Waals surface area contributed by atoms with Crippen molar-refractivity contribution < 1.29 is 4.48 Å². The minimum atomic E-state index is 1.05. The van der Waals surface area contributed by atoms with Crippen molar-refractivity contribution in [2.24, 2.45) is 0 Å². The van der Waals surface area contributed by atoms with Gasteiger partial charge in [0.15, 0.2) is 0 Å². The first-order chi connectivity index (χ1) is 7.28. The summed E-state index contributed by atoms with van der Waals surface area (Å²) in [5, 5.41) is 3.52. The molecule has 2 fully saturated rings. The van der Waals surface area contributed by atoms with Crippen LogP contribution in [0.5, 0.6) is 0 Å². The Balaban J connectivity index is 2.06. The standard InChI is InChI=1S/C11H23N4/c1-3-5-6-15-8-12-7-14(11-15)9-13(4-2)10-15/h3,5,12H,4,6-11H2,1-2H3/q+1/b5-3+. The van der Waals surface area contributed by atoms with Gasteiger partial charge in [-0.05, 0) is 13.0 Å². The lowest BCUT2D eigenvalue weighted by Gasteiger charge is -2.52. The normalized spacial score (nSPS) is 37.3. The number of nitrogens with one attached hydrogen (secondary N) is 1. The molecule has 86 valence electrons. The lowest BCUT2D eigenvalue weighted by atomic mass is 10.3. The molecular weight excluding hydrogens is 188 g/mol. The van der Waals surface area contributed by atoms with Gasteiger partial charge < -0.3 is 0 Å². The van der Waals surface area contributed by atoms with E-state index in [9.17, 15) is 0 Å². The average molecular weight is 211 g/mol. The zero-order chi connectivity index (χ0) is 10.7. The quantitative estimate of drug-likeness (QED) is 0.539. The van der Waals surface area contributed by atoms with Crippen molar-refractivity contribution in [1.82, 2.24) is 15.1 Å². The molecule has 0 amide bonds. The van der Waals surface area contributed by atoms with E-state index in [0.29, 0.717) is 0 Å². The fraction of sp³-hybridized carbons (Fsp3) is 0.818. The molecule has 0 aromatic carbocycles. The Kier molecular flexibility index (Phi) is 3.41. The van der Waals surface area contributed by atoms with Crippen LogP contribution in [0.4, 0.5) is 0 Å².